The molecule has 1 aliphatic carbocycles. The van der Waals surface area contributed by atoms with Gasteiger partial charge in [-0.15, -0.1) is 0 Å². The van der Waals surface area contributed by atoms with Crippen molar-refractivity contribution in [1.82, 2.24) is 5.32 Å². The first-order valence-electron chi connectivity index (χ1n) is 6.33. The molecule has 0 radical (unpaired) electrons. The van der Waals surface area contributed by atoms with Crippen LogP contribution in [0.5, 0.6) is 5.75 Å². The lowest BCUT2D eigenvalue weighted by Gasteiger charge is -2.21. The molecule has 0 aromatic heterocycles. The van der Waals surface area contributed by atoms with Gasteiger partial charge in [-0.2, -0.15) is 0 Å². The lowest BCUT2D eigenvalue weighted by molar-refractivity contribution is 0.389. The minimum atomic E-state index is -0.190. The van der Waals surface area contributed by atoms with Crippen molar-refractivity contribution < 1.29 is 9.13 Å². The summed E-state index contributed by atoms with van der Waals surface area (Å²) in [6, 6.07) is 5.00. The zero-order valence-electron chi connectivity index (χ0n) is 10.5. The van der Waals surface area contributed by atoms with Crippen LogP contribution in [0.2, 0.25) is 0 Å². The van der Waals surface area contributed by atoms with E-state index in [-0.39, 0.29) is 11.9 Å². The fourth-order valence-corrected chi connectivity index (χ4v) is 2.21. The van der Waals surface area contributed by atoms with Gasteiger partial charge in [-0.25, -0.2) is 4.39 Å². The lowest BCUT2D eigenvalue weighted by atomic mass is 10.0. The molecule has 1 atom stereocenters. The van der Waals surface area contributed by atoms with Crippen molar-refractivity contribution in [2.24, 2.45) is 5.92 Å². The number of hydrogen-bond donors (Lipinski definition) is 1. The first-order chi connectivity index (χ1) is 8.26. The van der Waals surface area contributed by atoms with Crippen molar-refractivity contribution >= 4 is 0 Å². The molecule has 0 saturated heterocycles. The van der Waals surface area contributed by atoms with Crippen LogP contribution in [-0.4, -0.2) is 13.7 Å². The van der Waals surface area contributed by atoms with Gasteiger partial charge in [0.15, 0.2) is 0 Å². The van der Waals surface area contributed by atoms with Gasteiger partial charge in [-0.1, -0.05) is 6.92 Å². The second-order valence-corrected chi connectivity index (χ2v) is 4.66. The Hall–Kier alpha value is -1.09. The van der Waals surface area contributed by atoms with Crippen LogP contribution in [-0.2, 0) is 0 Å². The van der Waals surface area contributed by atoms with E-state index in [1.807, 2.05) is 0 Å². The number of halogens is 1. The van der Waals surface area contributed by atoms with Crippen LogP contribution in [0.25, 0.3) is 0 Å². The molecule has 2 rings (SSSR count). The highest BCUT2D eigenvalue weighted by Crippen LogP contribution is 2.43. The number of hydrogen-bond acceptors (Lipinski definition) is 2. The van der Waals surface area contributed by atoms with Crippen molar-refractivity contribution in [3.05, 3.63) is 29.6 Å². The molecule has 1 fully saturated rings. The highest BCUT2D eigenvalue weighted by molar-refractivity contribution is 5.37. The maximum atomic E-state index is 13.4. The molecule has 2 nitrogen and oxygen atoms in total. The second-order valence-electron chi connectivity index (χ2n) is 4.66. The molecule has 0 heterocycles. The van der Waals surface area contributed by atoms with Gasteiger partial charge in [0, 0.05) is 11.6 Å². The summed E-state index contributed by atoms with van der Waals surface area (Å²) >= 11 is 0. The van der Waals surface area contributed by atoms with Gasteiger partial charge in [0.2, 0.25) is 0 Å². The van der Waals surface area contributed by atoms with Crippen LogP contribution in [0, 0.1) is 11.7 Å². The van der Waals surface area contributed by atoms with Crippen LogP contribution < -0.4 is 10.1 Å². The minimum Gasteiger partial charge on any atom is -0.496 e. The van der Waals surface area contributed by atoms with Crippen molar-refractivity contribution in [2.75, 3.05) is 13.7 Å². The molecular formula is C14H20FNO. The molecule has 1 aliphatic rings. The van der Waals surface area contributed by atoms with Gasteiger partial charge in [-0.3, -0.25) is 0 Å². The molecule has 1 aromatic carbocycles. The molecule has 0 bridgehead atoms. The Morgan fingerprint density at radius 1 is 1.47 bits per heavy atom. The summed E-state index contributed by atoms with van der Waals surface area (Å²) in [5.74, 6) is 1.23. The van der Waals surface area contributed by atoms with Crippen LogP contribution in [0.4, 0.5) is 4.39 Å². The van der Waals surface area contributed by atoms with Crippen LogP contribution in [0.15, 0.2) is 18.2 Å². The monoisotopic (exact) mass is 237 g/mol. The van der Waals surface area contributed by atoms with Crippen molar-refractivity contribution in [3.63, 3.8) is 0 Å². The Balaban J connectivity index is 2.23. The van der Waals surface area contributed by atoms with E-state index >= 15 is 0 Å². The van der Waals surface area contributed by atoms with Gasteiger partial charge in [0.25, 0.3) is 0 Å². The average Bonchev–Trinajstić information content (AvgIpc) is 3.14. The number of methoxy groups -OCH3 is 1. The smallest absolute Gasteiger partial charge is 0.123 e. The summed E-state index contributed by atoms with van der Waals surface area (Å²) in [6.45, 7) is 3.10. The Morgan fingerprint density at radius 3 is 2.82 bits per heavy atom. The van der Waals surface area contributed by atoms with E-state index in [9.17, 15) is 4.39 Å². The predicted octanol–water partition coefficient (Wildman–Crippen LogP) is 3.29. The zero-order valence-corrected chi connectivity index (χ0v) is 10.5. The SMILES string of the molecule is CCCNC(c1cc(F)ccc1OC)C1CC1. The van der Waals surface area contributed by atoms with Crippen molar-refractivity contribution in [3.8, 4) is 5.75 Å². The van der Waals surface area contributed by atoms with Crippen LogP contribution in [0.1, 0.15) is 37.8 Å². The van der Waals surface area contributed by atoms with Gasteiger partial charge in [0.1, 0.15) is 11.6 Å². The molecule has 1 aromatic rings. The fraction of sp³-hybridized carbons (Fsp3) is 0.571. The predicted molar refractivity (Wildman–Crippen MR) is 66.7 cm³/mol. The van der Waals surface area contributed by atoms with E-state index < -0.39 is 0 Å². The summed E-state index contributed by atoms with van der Waals surface area (Å²) < 4.78 is 18.7. The highest BCUT2D eigenvalue weighted by Gasteiger charge is 2.33. The van der Waals surface area contributed by atoms with Gasteiger partial charge >= 0.3 is 0 Å². The molecule has 3 heteroatoms. The molecule has 0 aliphatic heterocycles. The van der Waals surface area contributed by atoms with Crippen LogP contribution in [0.3, 0.4) is 0 Å². The van der Waals surface area contributed by atoms with Gasteiger partial charge < -0.3 is 10.1 Å². The number of rotatable bonds is 6. The Morgan fingerprint density at radius 2 is 2.24 bits per heavy atom. The zero-order chi connectivity index (χ0) is 12.3. The normalized spacial score (nSPS) is 16.9. The standard InChI is InChI=1S/C14H20FNO/c1-3-8-16-14(10-4-5-10)12-9-11(15)6-7-13(12)17-2/h6-7,9-10,14,16H,3-5,8H2,1-2H3. The minimum absolute atomic E-state index is 0.190. The topological polar surface area (TPSA) is 21.3 Å². The summed E-state index contributed by atoms with van der Waals surface area (Å²) in [4.78, 5) is 0. The first-order valence-corrected chi connectivity index (χ1v) is 6.33. The third-order valence-corrected chi connectivity index (χ3v) is 3.23. The quantitative estimate of drug-likeness (QED) is 0.819. The molecule has 17 heavy (non-hydrogen) atoms. The first kappa shape index (κ1) is 12.4. The van der Waals surface area contributed by atoms with Crippen LogP contribution >= 0.6 is 0 Å². The molecule has 0 amide bonds. The largest absolute Gasteiger partial charge is 0.496 e. The van der Waals surface area contributed by atoms with E-state index in [0.717, 1.165) is 24.3 Å². The van der Waals surface area contributed by atoms with E-state index in [1.165, 1.54) is 18.9 Å². The maximum Gasteiger partial charge on any atom is 0.123 e. The van der Waals surface area contributed by atoms with Crippen molar-refractivity contribution in [1.29, 1.82) is 0 Å². The van der Waals surface area contributed by atoms with E-state index in [1.54, 1.807) is 19.2 Å². The molecule has 94 valence electrons. The summed E-state index contributed by atoms with van der Waals surface area (Å²) in [7, 11) is 1.64. The average molecular weight is 237 g/mol. The van der Waals surface area contributed by atoms with Gasteiger partial charge in [0.05, 0.1) is 7.11 Å². The summed E-state index contributed by atoms with van der Waals surface area (Å²) in [5, 5.41) is 3.50. The van der Waals surface area contributed by atoms with Gasteiger partial charge in [-0.05, 0) is 49.9 Å². The molecule has 0 spiro atoms. The molecule has 1 N–H and O–H groups in total. The maximum absolute atomic E-state index is 13.4. The van der Waals surface area contributed by atoms with E-state index in [2.05, 4.69) is 12.2 Å². The molecule has 1 saturated carbocycles. The second kappa shape index (κ2) is 5.50. The third kappa shape index (κ3) is 2.97. The van der Waals surface area contributed by atoms with E-state index in [0.29, 0.717) is 5.92 Å². The fourth-order valence-electron chi connectivity index (χ4n) is 2.21. The molecule has 1 unspecified atom stereocenters. The Bertz CT molecular complexity index is 376. The highest BCUT2D eigenvalue weighted by atomic mass is 19.1. The summed E-state index contributed by atoms with van der Waals surface area (Å²) in [5.41, 5.74) is 0.962. The molecular weight excluding hydrogens is 217 g/mol. The lowest BCUT2D eigenvalue weighted by Crippen LogP contribution is -2.24. The Kier molecular flexibility index (Phi) is 4.00. The third-order valence-electron chi connectivity index (χ3n) is 3.23. The number of ether oxygens (including phenoxy) is 1. The number of benzene rings is 1. The number of nitrogens with one attached hydrogen (secondary N) is 1. The van der Waals surface area contributed by atoms with E-state index in [4.69, 9.17) is 4.74 Å². The van der Waals surface area contributed by atoms with Crippen molar-refractivity contribution in [2.45, 2.75) is 32.2 Å². The Labute approximate surface area is 102 Å². The summed E-state index contributed by atoms with van der Waals surface area (Å²) in [6.07, 6.45) is 3.53.